The number of likely N-dealkylation sites (tertiary alicyclic amines) is 1. The molecule has 1 amide bonds. The predicted octanol–water partition coefficient (Wildman–Crippen LogP) is 3.15. The van der Waals surface area contributed by atoms with E-state index >= 15 is 0 Å². The molecular weight excluding hydrogens is 347 g/mol. The number of fused-ring (bicyclic) bond motifs is 2. The van der Waals surface area contributed by atoms with Gasteiger partial charge < -0.3 is 10.2 Å². The molecular formula is C17H18Cl2N4O. The molecule has 2 unspecified atom stereocenters. The van der Waals surface area contributed by atoms with Crippen molar-refractivity contribution in [2.75, 3.05) is 13.1 Å². The third kappa shape index (κ3) is 3.04. The second kappa shape index (κ2) is 6.39. The first kappa shape index (κ1) is 15.9. The standard InChI is InChI=1S/C17H18Cl2N4O/c18-14-4-3-13(9-15(14)19)23-8-6-16(21-23)17(24)22-7-5-11-1-2-12(10-22)20-11/h3-4,6,8-9,11-12,20H,1-2,5,7,10H2. The minimum Gasteiger partial charge on any atom is -0.336 e. The maximum absolute atomic E-state index is 12.8. The smallest absolute Gasteiger partial charge is 0.274 e. The summed E-state index contributed by atoms with van der Waals surface area (Å²) in [7, 11) is 0. The van der Waals surface area contributed by atoms with Crippen molar-refractivity contribution in [3.05, 3.63) is 46.2 Å². The van der Waals surface area contributed by atoms with E-state index in [0.29, 0.717) is 27.8 Å². The topological polar surface area (TPSA) is 50.2 Å². The lowest BCUT2D eigenvalue weighted by Gasteiger charge is -2.23. The summed E-state index contributed by atoms with van der Waals surface area (Å²) >= 11 is 12.0. The predicted molar refractivity (Wildman–Crippen MR) is 94.1 cm³/mol. The number of carbonyl (C=O) groups is 1. The van der Waals surface area contributed by atoms with Crippen LogP contribution in [-0.2, 0) is 0 Å². The zero-order chi connectivity index (χ0) is 16.7. The molecule has 7 heteroatoms. The molecule has 2 aliphatic heterocycles. The van der Waals surface area contributed by atoms with E-state index in [1.807, 2.05) is 11.0 Å². The highest BCUT2D eigenvalue weighted by molar-refractivity contribution is 6.42. The number of nitrogens with one attached hydrogen (secondary N) is 1. The Labute approximate surface area is 150 Å². The number of hydrogen-bond donors (Lipinski definition) is 1. The van der Waals surface area contributed by atoms with Crippen molar-refractivity contribution in [1.29, 1.82) is 0 Å². The molecule has 1 aromatic heterocycles. The molecule has 0 spiro atoms. The van der Waals surface area contributed by atoms with E-state index < -0.39 is 0 Å². The third-order valence-corrected chi connectivity index (χ3v) is 5.53. The highest BCUT2D eigenvalue weighted by Gasteiger charge is 2.32. The van der Waals surface area contributed by atoms with E-state index in [1.54, 1.807) is 29.1 Å². The number of rotatable bonds is 2. The molecule has 24 heavy (non-hydrogen) atoms. The molecule has 2 fully saturated rings. The average molecular weight is 365 g/mol. The van der Waals surface area contributed by atoms with Gasteiger partial charge in [0, 0.05) is 31.4 Å². The molecule has 2 atom stereocenters. The number of aromatic nitrogens is 2. The molecule has 0 saturated carbocycles. The number of halogens is 2. The van der Waals surface area contributed by atoms with E-state index in [2.05, 4.69) is 10.4 Å². The highest BCUT2D eigenvalue weighted by Crippen LogP contribution is 2.25. The summed E-state index contributed by atoms with van der Waals surface area (Å²) in [6.07, 6.45) is 5.15. The summed E-state index contributed by atoms with van der Waals surface area (Å²) in [6, 6.07) is 8.01. The van der Waals surface area contributed by atoms with Crippen molar-refractivity contribution in [3.8, 4) is 5.69 Å². The van der Waals surface area contributed by atoms with Gasteiger partial charge in [0.05, 0.1) is 15.7 Å². The fourth-order valence-corrected chi connectivity index (χ4v) is 3.79. The molecule has 126 valence electrons. The third-order valence-electron chi connectivity index (χ3n) is 4.79. The second-order valence-electron chi connectivity index (χ2n) is 6.42. The maximum atomic E-state index is 12.8. The molecule has 3 heterocycles. The first-order chi connectivity index (χ1) is 11.6. The van der Waals surface area contributed by atoms with Crippen LogP contribution in [0.2, 0.25) is 10.0 Å². The van der Waals surface area contributed by atoms with Gasteiger partial charge in [0.2, 0.25) is 0 Å². The molecule has 4 rings (SSSR count). The quantitative estimate of drug-likeness (QED) is 0.890. The van der Waals surface area contributed by atoms with Gasteiger partial charge in [-0.05, 0) is 43.5 Å². The van der Waals surface area contributed by atoms with Gasteiger partial charge in [-0.2, -0.15) is 5.10 Å². The second-order valence-corrected chi connectivity index (χ2v) is 7.24. The van der Waals surface area contributed by atoms with Crippen molar-refractivity contribution in [2.24, 2.45) is 0 Å². The van der Waals surface area contributed by atoms with Crippen molar-refractivity contribution < 1.29 is 4.79 Å². The number of hydrogen-bond acceptors (Lipinski definition) is 3. The zero-order valence-corrected chi connectivity index (χ0v) is 14.6. The Morgan fingerprint density at radius 3 is 2.79 bits per heavy atom. The lowest BCUT2D eigenvalue weighted by atomic mass is 10.1. The SMILES string of the molecule is O=C(c1ccn(-c2ccc(Cl)c(Cl)c2)n1)N1CCC2CCC(C1)N2. The van der Waals surface area contributed by atoms with Crippen LogP contribution in [-0.4, -0.2) is 45.8 Å². The molecule has 0 radical (unpaired) electrons. The Morgan fingerprint density at radius 1 is 1.12 bits per heavy atom. The average Bonchev–Trinajstić information content (AvgIpc) is 3.16. The fourth-order valence-electron chi connectivity index (χ4n) is 3.50. The van der Waals surface area contributed by atoms with E-state index in [1.165, 1.54) is 6.42 Å². The van der Waals surface area contributed by atoms with Crippen LogP contribution in [0.1, 0.15) is 29.8 Å². The first-order valence-electron chi connectivity index (χ1n) is 8.16. The summed E-state index contributed by atoms with van der Waals surface area (Å²) in [5.74, 6) is -0.0110. The fraction of sp³-hybridized carbons (Fsp3) is 0.412. The van der Waals surface area contributed by atoms with Crippen LogP contribution in [0.5, 0.6) is 0 Å². The molecule has 0 aliphatic carbocycles. The van der Waals surface area contributed by atoms with Crippen molar-refractivity contribution in [2.45, 2.75) is 31.3 Å². The molecule has 1 N–H and O–H groups in total. The molecule has 1 aromatic carbocycles. The van der Waals surface area contributed by atoms with Crippen LogP contribution in [0.3, 0.4) is 0 Å². The summed E-state index contributed by atoms with van der Waals surface area (Å²) in [6.45, 7) is 1.54. The van der Waals surface area contributed by atoms with Gasteiger partial charge in [-0.1, -0.05) is 23.2 Å². The number of amides is 1. The van der Waals surface area contributed by atoms with Crippen LogP contribution in [0.15, 0.2) is 30.5 Å². The lowest BCUT2D eigenvalue weighted by molar-refractivity contribution is 0.0742. The normalized spacial score (nSPS) is 23.3. The summed E-state index contributed by atoms with van der Waals surface area (Å²) in [5, 5.41) is 8.97. The minimum atomic E-state index is -0.0110. The van der Waals surface area contributed by atoms with Gasteiger partial charge in [-0.25, -0.2) is 4.68 Å². The molecule has 2 bridgehead atoms. The molecule has 5 nitrogen and oxygen atoms in total. The van der Waals surface area contributed by atoms with Gasteiger partial charge in [0.25, 0.3) is 5.91 Å². The van der Waals surface area contributed by atoms with Crippen LogP contribution in [0.4, 0.5) is 0 Å². The minimum absolute atomic E-state index is 0.0110. The first-order valence-corrected chi connectivity index (χ1v) is 8.92. The summed E-state index contributed by atoms with van der Waals surface area (Å²) in [4.78, 5) is 14.7. The van der Waals surface area contributed by atoms with Gasteiger partial charge in [-0.3, -0.25) is 4.79 Å². The van der Waals surface area contributed by atoms with E-state index in [0.717, 1.165) is 31.6 Å². The molecule has 2 saturated heterocycles. The molecule has 2 aromatic rings. The maximum Gasteiger partial charge on any atom is 0.274 e. The van der Waals surface area contributed by atoms with E-state index in [4.69, 9.17) is 23.2 Å². The van der Waals surface area contributed by atoms with Crippen molar-refractivity contribution in [1.82, 2.24) is 20.0 Å². The Morgan fingerprint density at radius 2 is 1.96 bits per heavy atom. The Bertz CT molecular complexity index is 776. The van der Waals surface area contributed by atoms with Crippen molar-refractivity contribution >= 4 is 29.1 Å². The van der Waals surface area contributed by atoms with E-state index in [-0.39, 0.29) is 5.91 Å². The van der Waals surface area contributed by atoms with Crippen LogP contribution >= 0.6 is 23.2 Å². The highest BCUT2D eigenvalue weighted by atomic mass is 35.5. The van der Waals surface area contributed by atoms with Crippen LogP contribution in [0.25, 0.3) is 5.69 Å². The van der Waals surface area contributed by atoms with Gasteiger partial charge >= 0.3 is 0 Å². The summed E-state index contributed by atoms with van der Waals surface area (Å²) < 4.78 is 1.65. The number of nitrogens with zero attached hydrogens (tertiary/aromatic N) is 3. The van der Waals surface area contributed by atoms with E-state index in [9.17, 15) is 4.79 Å². The number of carbonyl (C=O) groups excluding carboxylic acids is 1. The Hall–Kier alpha value is -1.56. The van der Waals surface area contributed by atoms with Crippen molar-refractivity contribution in [3.63, 3.8) is 0 Å². The van der Waals surface area contributed by atoms with Gasteiger partial charge in [0.1, 0.15) is 0 Å². The monoisotopic (exact) mass is 364 g/mol. The molecule has 2 aliphatic rings. The Kier molecular flexibility index (Phi) is 4.24. The lowest BCUT2D eigenvalue weighted by Crippen LogP contribution is -2.39. The Balaban J connectivity index is 1.53. The largest absolute Gasteiger partial charge is 0.336 e. The zero-order valence-electron chi connectivity index (χ0n) is 13.1. The number of benzene rings is 1. The van der Waals surface area contributed by atoms with Crippen LogP contribution < -0.4 is 5.32 Å². The van der Waals surface area contributed by atoms with Gasteiger partial charge in [-0.15, -0.1) is 0 Å². The summed E-state index contributed by atoms with van der Waals surface area (Å²) in [5.41, 5.74) is 1.24. The van der Waals surface area contributed by atoms with Crippen LogP contribution in [0, 0.1) is 0 Å². The van der Waals surface area contributed by atoms with Gasteiger partial charge in [0.15, 0.2) is 5.69 Å².